The topological polar surface area (TPSA) is 40.5 Å². The van der Waals surface area contributed by atoms with Crippen molar-refractivity contribution in [1.82, 2.24) is 0 Å². The Morgan fingerprint density at radius 1 is 1.50 bits per heavy atom. The quantitative estimate of drug-likeness (QED) is 0.580. The van der Waals surface area contributed by atoms with Crippen LogP contribution in [0.2, 0.25) is 0 Å². The third-order valence-electron chi connectivity index (χ3n) is 1.26. The molecule has 2 heteroatoms. The van der Waals surface area contributed by atoms with Gasteiger partial charge in [-0.05, 0) is 26.7 Å². The summed E-state index contributed by atoms with van der Waals surface area (Å²) in [4.78, 5) is 0. The molecule has 0 amide bonds. The van der Waals surface area contributed by atoms with Crippen molar-refractivity contribution in [1.29, 1.82) is 0 Å². The smallest absolute Gasteiger partial charge is 0.0773 e. The first-order valence-electron chi connectivity index (χ1n) is 3.59. The van der Waals surface area contributed by atoms with E-state index in [1.165, 1.54) is 5.57 Å². The van der Waals surface area contributed by atoms with Gasteiger partial charge in [0.05, 0.1) is 12.7 Å². The molecule has 1 unspecified atom stereocenters. The zero-order valence-electron chi connectivity index (χ0n) is 6.67. The highest BCUT2D eigenvalue weighted by Crippen LogP contribution is 2.00. The van der Waals surface area contributed by atoms with Crippen LogP contribution in [-0.4, -0.2) is 22.9 Å². The molecule has 0 aromatic rings. The second-order valence-electron chi connectivity index (χ2n) is 2.70. The Bertz CT molecular complexity index is 104. The molecule has 0 radical (unpaired) electrons. The number of hydrogen-bond donors (Lipinski definition) is 2. The zero-order valence-corrected chi connectivity index (χ0v) is 6.67. The lowest BCUT2D eigenvalue weighted by Crippen LogP contribution is -2.10. The lowest BCUT2D eigenvalue weighted by atomic mass is 10.1. The molecule has 0 aliphatic carbocycles. The van der Waals surface area contributed by atoms with Crippen molar-refractivity contribution in [3.63, 3.8) is 0 Å². The van der Waals surface area contributed by atoms with Crippen LogP contribution in [0.15, 0.2) is 11.6 Å². The SMILES string of the molecule is CC(C)=CCCC(O)CO. The van der Waals surface area contributed by atoms with Crippen molar-refractivity contribution < 1.29 is 10.2 Å². The molecule has 0 aliphatic heterocycles. The van der Waals surface area contributed by atoms with Crippen LogP contribution >= 0.6 is 0 Å². The standard InChI is InChI=1S/C8H16O2/c1-7(2)4-3-5-8(10)6-9/h4,8-10H,3,5-6H2,1-2H3. The average molecular weight is 144 g/mol. The molecule has 1 atom stereocenters. The van der Waals surface area contributed by atoms with Crippen molar-refractivity contribution in [2.75, 3.05) is 6.61 Å². The summed E-state index contributed by atoms with van der Waals surface area (Å²) in [7, 11) is 0. The molecular weight excluding hydrogens is 128 g/mol. The Kier molecular flexibility index (Phi) is 5.26. The molecule has 0 fully saturated rings. The van der Waals surface area contributed by atoms with Crippen LogP contribution in [0.25, 0.3) is 0 Å². The minimum Gasteiger partial charge on any atom is -0.394 e. The van der Waals surface area contributed by atoms with Gasteiger partial charge in [0, 0.05) is 0 Å². The van der Waals surface area contributed by atoms with E-state index >= 15 is 0 Å². The number of allylic oxidation sites excluding steroid dienone is 2. The Labute approximate surface area is 62.2 Å². The molecule has 0 saturated heterocycles. The van der Waals surface area contributed by atoms with E-state index in [0.29, 0.717) is 6.42 Å². The number of aliphatic hydroxyl groups excluding tert-OH is 2. The normalized spacial score (nSPS) is 12.8. The maximum absolute atomic E-state index is 8.89. The van der Waals surface area contributed by atoms with Gasteiger partial charge in [0.1, 0.15) is 0 Å². The zero-order chi connectivity index (χ0) is 7.98. The van der Waals surface area contributed by atoms with E-state index in [9.17, 15) is 0 Å². The maximum atomic E-state index is 8.89. The summed E-state index contributed by atoms with van der Waals surface area (Å²) >= 11 is 0. The molecule has 60 valence electrons. The van der Waals surface area contributed by atoms with E-state index in [-0.39, 0.29) is 6.61 Å². The van der Waals surface area contributed by atoms with Crippen LogP contribution in [0, 0.1) is 0 Å². The van der Waals surface area contributed by atoms with Crippen LogP contribution in [0.3, 0.4) is 0 Å². The molecule has 0 bridgehead atoms. The van der Waals surface area contributed by atoms with Gasteiger partial charge >= 0.3 is 0 Å². The van der Waals surface area contributed by atoms with E-state index in [1.807, 2.05) is 13.8 Å². The molecule has 0 aliphatic rings. The Morgan fingerprint density at radius 3 is 2.50 bits per heavy atom. The van der Waals surface area contributed by atoms with Gasteiger partial charge in [-0.1, -0.05) is 11.6 Å². The summed E-state index contributed by atoms with van der Waals surface area (Å²) in [6.45, 7) is 3.91. The van der Waals surface area contributed by atoms with Gasteiger partial charge in [-0.15, -0.1) is 0 Å². The highest BCUT2D eigenvalue weighted by molar-refractivity contribution is 4.92. The predicted molar refractivity (Wildman–Crippen MR) is 41.8 cm³/mol. The lowest BCUT2D eigenvalue weighted by molar-refractivity contribution is 0.0891. The maximum Gasteiger partial charge on any atom is 0.0773 e. The molecule has 2 nitrogen and oxygen atoms in total. The molecule has 2 N–H and O–H groups in total. The van der Waals surface area contributed by atoms with Gasteiger partial charge in [0.15, 0.2) is 0 Å². The van der Waals surface area contributed by atoms with Crippen LogP contribution in [0.1, 0.15) is 26.7 Å². The molecular formula is C8H16O2. The van der Waals surface area contributed by atoms with Crippen LogP contribution in [0.4, 0.5) is 0 Å². The minimum atomic E-state index is -0.546. The Hall–Kier alpha value is -0.340. The van der Waals surface area contributed by atoms with E-state index in [2.05, 4.69) is 6.08 Å². The Morgan fingerprint density at radius 2 is 2.10 bits per heavy atom. The highest BCUT2D eigenvalue weighted by Gasteiger charge is 1.97. The van der Waals surface area contributed by atoms with Crippen LogP contribution in [0.5, 0.6) is 0 Å². The minimum absolute atomic E-state index is 0.128. The molecule has 10 heavy (non-hydrogen) atoms. The first-order valence-corrected chi connectivity index (χ1v) is 3.59. The first-order chi connectivity index (χ1) is 4.66. The molecule has 0 aromatic heterocycles. The van der Waals surface area contributed by atoms with Crippen molar-refractivity contribution in [3.05, 3.63) is 11.6 Å². The summed E-state index contributed by atoms with van der Waals surface area (Å²) in [6.07, 6.45) is 3.01. The van der Waals surface area contributed by atoms with Gasteiger partial charge in [-0.2, -0.15) is 0 Å². The van der Waals surface area contributed by atoms with E-state index in [0.717, 1.165) is 6.42 Å². The second kappa shape index (κ2) is 5.45. The first kappa shape index (κ1) is 9.66. The third kappa shape index (κ3) is 5.79. The van der Waals surface area contributed by atoms with E-state index in [1.54, 1.807) is 0 Å². The fourth-order valence-corrected chi connectivity index (χ4v) is 0.656. The molecule has 0 rings (SSSR count). The van der Waals surface area contributed by atoms with Crippen LogP contribution in [-0.2, 0) is 0 Å². The highest BCUT2D eigenvalue weighted by atomic mass is 16.3. The van der Waals surface area contributed by atoms with Crippen molar-refractivity contribution in [2.45, 2.75) is 32.8 Å². The fraction of sp³-hybridized carbons (Fsp3) is 0.750. The van der Waals surface area contributed by atoms with E-state index < -0.39 is 6.10 Å². The number of aliphatic hydroxyl groups is 2. The van der Waals surface area contributed by atoms with E-state index in [4.69, 9.17) is 10.2 Å². The number of rotatable bonds is 4. The summed E-state index contributed by atoms with van der Waals surface area (Å²) in [5.41, 5.74) is 1.25. The lowest BCUT2D eigenvalue weighted by Gasteiger charge is -2.02. The summed E-state index contributed by atoms with van der Waals surface area (Å²) in [5.74, 6) is 0. The van der Waals surface area contributed by atoms with Gasteiger partial charge in [0.25, 0.3) is 0 Å². The van der Waals surface area contributed by atoms with Crippen LogP contribution < -0.4 is 0 Å². The Balaban J connectivity index is 3.28. The summed E-state index contributed by atoms with van der Waals surface area (Å²) < 4.78 is 0. The molecule has 0 heterocycles. The van der Waals surface area contributed by atoms with Gasteiger partial charge in [0.2, 0.25) is 0 Å². The van der Waals surface area contributed by atoms with Gasteiger partial charge in [-0.3, -0.25) is 0 Å². The number of hydrogen-bond acceptors (Lipinski definition) is 2. The predicted octanol–water partition coefficient (Wildman–Crippen LogP) is 1.09. The third-order valence-corrected chi connectivity index (χ3v) is 1.26. The monoisotopic (exact) mass is 144 g/mol. The van der Waals surface area contributed by atoms with Gasteiger partial charge in [-0.25, -0.2) is 0 Å². The second-order valence-corrected chi connectivity index (χ2v) is 2.70. The van der Waals surface area contributed by atoms with Gasteiger partial charge < -0.3 is 10.2 Å². The average Bonchev–Trinajstić information content (AvgIpc) is 1.87. The van der Waals surface area contributed by atoms with Crippen molar-refractivity contribution in [3.8, 4) is 0 Å². The summed E-state index contributed by atoms with van der Waals surface area (Å²) in [5, 5.41) is 17.3. The van der Waals surface area contributed by atoms with Crippen molar-refractivity contribution in [2.24, 2.45) is 0 Å². The fourth-order valence-electron chi connectivity index (χ4n) is 0.656. The van der Waals surface area contributed by atoms with Crippen molar-refractivity contribution >= 4 is 0 Å². The largest absolute Gasteiger partial charge is 0.394 e. The molecule has 0 saturated carbocycles. The molecule has 0 spiro atoms. The summed E-state index contributed by atoms with van der Waals surface area (Å²) in [6, 6.07) is 0. The molecule has 0 aromatic carbocycles.